The highest BCUT2D eigenvalue weighted by Gasteiger charge is 2.07. The van der Waals surface area contributed by atoms with E-state index in [2.05, 4.69) is 20.9 Å². The molecule has 0 bridgehead atoms. The van der Waals surface area contributed by atoms with Gasteiger partial charge in [0.15, 0.2) is 0 Å². The van der Waals surface area contributed by atoms with Crippen molar-refractivity contribution in [3.63, 3.8) is 0 Å². The Bertz CT molecular complexity index is 468. The largest absolute Gasteiger partial charge is 0.349 e. The van der Waals surface area contributed by atoms with E-state index in [1.54, 1.807) is 30.5 Å². The van der Waals surface area contributed by atoms with Crippen LogP contribution >= 0.6 is 15.9 Å². The maximum atomic E-state index is 11.8. The first-order chi connectivity index (χ1) is 7.93. The highest BCUT2D eigenvalue weighted by Crippen LogP contribution is 2.03. The molecule has 0 saturated heterocycles. The van der Waals surface area contributed by atoms with Crippen molar-refractivity contribution < 1.29 is 4.79 Å². The van der Waals surface area contributed by atoms with Crippen LogP contribution in [0.2, 0.25) is 0 Å². The van der Waals surface area contributed by atoms with Crippen LogP contribution in [0.4, 0.5) is 0 Å². The average molecular weight is 302 g/mol. The maximum absolute atomic E-state index is 11.8. The summed E-state index contributed by atoms with van der Waals surface area (Å²) in [4.78, 5) is 28.8. The Morgan fingerprint density at radius 2 is 2.18 bits per heavy atom. The Morgan fingerprint density at radius 3 is 2.76 bits per heavy atom. The first-order valence-electron chi connectivity index (χ1n) is 5.35. The summed E-state index contributed by atoms with van der Waals surface area (Å²) in [6.07, 6.45) is 2.57. The Morgan fingerprint density at radius 1 is 1.53 bits per heavy atom. The average Bonchev–Trinajstić information content (AvgIpc) is 2.28. The molecule has 1 aromatic rings. The molecule has 0 saturated carbocycles. The second-order valence-corrected chi connectivity index (χ2v) is 4.86. The van der Waals surface area contributed by atoms with Crippen molar-refractivity contribution in [1.82, 2.24) is 14.5 Å². The summed E-state index contributed by atoms with van der Waals surface area (Å²) in [5, 5.41) is 0. The van der Waals surface area contributed by atoms with Gasteiger partial charge in [-0.15, -0.1) is 0 Å². The van der Waals surface area contributed by atoms with E-state index in [1.807, 2.05) is 0 Å². The van der Waals surface area contributed by atoms with Gasteiger partial charge in [0.05, 0.1) is 0 Å². The third-order valence-corrected chi connectivity index (χ3v) is 3.02. The lowest BCUT2D eigenvalue weighted by Crippen LogP contribution is -2.26. The van der Waals surface area contributed by atoms with Crippen LogP contribution in [-0.4, -0.2) is 34.5 Å². The van der Waals surface area contributed by atoms with Crippen molar-refractivity contribution in [3.05, 3.63) is 26.8 Å². The molecule has 94 valence electrons. The minimum atomic E-state index is -0.102. The normalized spacial score (nSPS) is 10.4. The summed E-state index contributed by atoms with van der Waals surface area (Å²) < 4.78 is 2.02. The minimum Gasteiger partial charge on any atom is -0.349 e. The third-order valence-electron chi connectivity index (χ3n) is 2.48. The van der Waals surface area contributed by atoms with Crippen LogP contribution in [0.5, 0.6) is 0 Å². The lowest BCUT2D eigenvalue weighted by molar-refractivity contribution is -0.128. The van der Waals surface area contributed by atoms with Crippen molar-refractivity contribution >= 4 is 21.8 Å². The second-order valence-electron chi connectivity index (χ2n) is 4.00. The predicted octanol–water partition coefficient (Wildman–Crippen LogP) is 1.18. The van der Waals surface area contributed by atoms with E-state index in [1.165, 1.54) is 6.20 Å². The van der Waals surface area contributed by atoms with Crippen molar-refractivity contribution in [1.29, 1.82) is 0 Å². The summed E-state index contributed by atoms with van der Waals surface area (Å²) in [5.74, 6) is 0.731. The number of amides is 1. The zero-order valence-corrected chi connectivity index (χ0v) is 11.8. The summed E-state index contributed by atoms with van der Waals surface area (Å²) in [6.45, 7) is 2.29. The van der Waals surface area contributed by atoms with Crippen LogP contribution in [0.3, 0.4) is 0 Å². The fourth-order valence-corrected chi connectivity index (χ4v) is 1.74. The van der Waals surface area contributed by atoms with Crippen LogP contribution in [0, 0.1) is 6.92 Å². The Hall–Kier alpha value is -1.17. The number of rotatable bonds is 4. The van der Waals surface area contributed by atoms with Crippen molar-refractivity contribution in [3.8, 4) is 0 Å². The minimum absolute atomic E-state index is 0.0682. The quantitative estimate of drug-likeness (QED) is 0.839. The van der Waals surface area contributed by atoms with Crippen LogP contribution in [-0.2, 0) is 11.3 Å². The van der Waals surface area contributed by atoms with Crippen molar-refractivity contribution in [2.75, 3.05) is 14.1 Å². The van der Waals surface area contributed by atoms with Gasteiger partial charge in [0.2, 0.25) is 5.91 Å². The number of halogens is 1. The lowest BCUT2D eigenvalue weighted by atomic mass is 10.3. The van der Waals surface area contributed by atoms with Gasteiger partial charge >= 0.3 is 0 Å². The van der Waals surface area contributed by atoms with Crippen molar-refractivity contribution in [2.45, 2.75) is 26.3 Å². The number of hydrogen-bond acceptors (Lipinski definition) is 3. The van der Waals surface area contributed by atoms with Gasteiger partial charge in [-0.25, -0.2) is 4.98 Å². The molecule has 1 heterocycles. The summed E-state index contributed by atoms with van der Waals surface area (Å²) in [7, 11) is 3.45. The molecule has 0 aliphatic rings. The van der Waals surface area contributed by atoms with E-state index >= 15 is 0 Å². The first-order valence-corrected chi connectivity index (χ1v) is 6.15. The molecule has 0 fully saturated rings. The van der Waals surface area contributed by atoms with E-state index in [9.17, 15) is 9.59 Å². The maximum Gasteiger partial charge on any atom is 0.267 e. The zero-order valence-electron chi connectivity index (χ0n) is 10.2. The van der Waals surface area contributed by atoms with Crippen LogP contribution in [0.25, 0.3) is 0 Å². The zero-order chi connectivity index (χ0) is 13.0. The number of nitrogens with zero attached hydrogens (tertiary/aromatic N) is 3. The van der Waals surface area contributed by atoms with Gasteiger partial charge in [-0.2, -0.15) is 0 Å². The van der Waals surface area contributed by atoms with Gasteiger partial charge in [0, 0.05) is 33.3 Å². The second kappa shape index (κ2) is 5.95. The molecular formula is C11H16BrN3O2. The van der Waals surface area contributed by atoms with Gasteiger partial charge in [-0.1, -0.05) is 0 Å². The molecule has 1 amide bonds. The van der Waals surface area contributed by atoms with Gasteiger partial charge in [0.25, 0.3) is 5.56 Å². The van der Waals surface area contributed by atoms with Gasteiger partial charge in [-0.3, -0.25) is 14.2 Å². The highest BCUT2D eigenvalue weighted by molar-refractivity contribution is 9.10. The van der Waals surface area contributed by atoms with E-state index in [4.69, 9.17) is 0 Å². The first kappa shape index (κ1) is 13.9. The molecule has 0 N–H and O–H groups in total. The monoisotopic (exact) mass is 301 g/mol. The molecule has 1 rings (SSSR count). The molecule has 6 heteroatoms. The fourth-order valence-electron chi connectivity index (χ4n) is 1.43. The molecule has 5 nitrogen and oxygen atoms in total. The highest BCUT2D eigenvalue weighted by atomic mass is 79.9. The van der Waals surface area contributed by atoms with Crippen LogP contribution in [0.15, 0.2) is 15.5 Å². The summed E-state index contributed by atoms with van der Waals surface area (Å²) in [5.41, 5.74) is -0.102. The summed E-state index contributed by atoms with van der Waals surface area (Å²) in [6, 6.07) is 0. The molecule has 0 aromatic carbocycles. The number of carbonyl (C=O) groups is 1. The van der Waals surface area contributed by atoms with Gasteiger partial charge in [0.1, 0.15) is 10.3 Å². The number of hydrogen-bond donors (Lipinski definition) is 0. The molecule has 1 aromatic heterocycles. The lowest BCUT2D eigenvalue weighted by Gasteiger charge is -2.11. The Kier molecular flexibility index (Phi) is 4.86. The molecular weight excluding hydrogens is 286 g/mol. The predicted molar refractivity (Wildman–Crippen MR) is 68.9 cm³/mol. The van der Waals surface area contributed by atoms with Crippen LogP contribution in [0.1, 0.15) is 18.7 Å². The van der Waals surface area contributed by atoms with Gasteiger partial charge < -0.3 is 4.90 Å². The van der Waals surface area contributed by atoms with Crippen molar-refractivity contribution in [2.24, 2.45) is 0 Å². The number of aryl methyl sites for hydroxylation is 1. The molecule has 0 atom stereocenters. The molecule has 0 radical (unpaired) electrons. The topological polar surface area (TPSA) is 55.2 Å². The SMILES string of the molecule is Cc1ncc(Br)c(=O)n1CCCC(=O)N(C)C. The van der Waals surface area contributed by atoms with Crippen LogP contribution < -0.4 is 5.56 Å². The Labute approximate surface area is 109 Å². The van der Waals surface area contributed by atoms with E-state index in [0.717, 1.165) is 0 Å². The number of carbonyl (C=O) groups excluding carboxylic acids is 1. The standard InChI is InChI=1S/C11H16BrN3O2/c1-8-13-7-9(12)11(17)15(8)6-4-5-10(16)14(2)3/h7H,4-6H2,1-3H3. The van der Waals surface area contributed by atoms with E-state index in [0.29, 0.717) is 29.7 Å². The molecule has 0 aliphatic carbocycles. The molecule has 0 spiro atoms. The third kappa shape index (κ3) is 3.66. The fraction of sp³-hybridized carbons (Fsp3) is 0.545. The molecule has 0 aliphatic heterocycles. The molecule has 0 unspecified atom stereocenters. The van der Waals surface area contributed by atoms with E-state index in [-0.39, 0.29) is 11.5 Å². The smallest absolute Gasteiger partial charge is 0.267 e. The Balaban J connectivity index is 2.67. The van der Waals surface area contributed by atoms with E-state index < -0.39 is 0 Å². The molecule has 17 heavy (non-hydrogen) atoms. The summed E-state index contributed by atoms with van der Waals surface area (Å²) >= 11 is 3.15. The van der Waals surface area contributed by atoms with Gasteiger partial charge in [-0.05, 0) is 29.3 Å². The number of aromatic nitrogens is 2.